The Labute approximate surface area is 164 Å². The highest BCUT2D eigenvalue weighted by atomic mass is 19.1. The van der Waals surface area contributed by atoms with Crippen molar-refractivity contribution >= 4 is 24.4 Å². The van der Waals surface area contributed by atoms with E-state index in [1.807, 2.05) is 19.9 Å². The van der Waals surface area contributed by atoms with E-state index in [9.17, 15) is 14.0 Å². The fourth-order valence-corrected chi connectivity index (χ4v) is 2.79. The quantitative estimate of drug-likeness (QED) is 0.554. The molecule has 0 saturated carbocycles. The van der Waals surface area contributed by atoms with Crippen LogP contribution in [0.2, 0.25) is 0 Å². The lowest BCUT2D eigenvalue weighted by Crippen LogP contribution is -2.56. The van der Waals surface area contributed by atoms with Crippen molar-refractivity contribution in [3.05, 3.63) is 64.5 Å². The molecule has 0 radical (unpaired) electrons. The summed E-state index contributed by atoms with van der Waals surface area (Å²) in [5.41, 5.74) is 3.67. The Morgan fingerprint density at radius 3 is 2.04 bits per heavy atom. The first kappa shape index (κ1) is 21.6. The Hall–Kier alpha value is -2.71. The molecule has 0 aliphatic carbocycles. The predicted octanol–water partition coefficient (Wildman–Crippen LogP) is 1.71. The monoisotopic (exact) mass is 386 g/mol. The van der Waals surface area contributed by atoms with Crippen molar-refractivity contribution in [2.24, 2.45) is 0 Å². The van der Waals surface area contributed by atoms with Crippen LogP contribution in [0.25, 0.3) is 0 Å². The van der Waals surface area contributed by atoms with E-state index in [-0.39, 0.29) is 11.0 Å². The molecule has 6 nitrogen and oxygen atoms in total. The van der Waals surface area contributed by atoms with Crippen molar-refractivity contribution in [1.82, 2.24) is 10.4 Å². The molecule has 2 amide bonds. The summed E-state index contributed by atoms with van der Waals surface area (Å²) >= 11 is 0. The fraction of sp³-hybridized carbons (Fsp3) is 0.300. The molecule has 2 aromatic carbocycles. The number of benzene rings is 2. The van der Waals surface area contributed by atoms with Gasteiger partial charge in [-0.25, -0.2) is 9.40 Å². The van der Waals surface area contributed by atoms with Crippen LogP contribution >= 0.6 is 0 Å². The van der Waals surface area contributed by atoms with Gasteiger partial charge in [0.1, 0.15) is 5.82 Å². The van der Waals surface area contributed by atoms with Crippen LogP contribution in [0, 0.1) is 19.7 Å². The first-order chi connectivity index (χ1) is 12.9. The van der Waals surface area contributed by atoms with Crippen LogP contribution in [0.1, 0.15) is 52.6 Å². The molecular weight excluding hydrogens is 362 g/mol. The molecule has 0 aliphatic heterocycles. The van der Waals surface area contributed by atoms with Gasteiger partial charge in [0.15, 0.2) is 0 Å². The number of hydrazine groups is 1. The van der Waals surface area contributed by atoms with Gasteiger partial charge in [0.25, 0.3) is 11.8 Å². The second-order valence-corrected chi connectivity index (χ2v) is 7.74. The van der Waals surface area contributed by atoms with Crippen molar-refractivity contribution in [2.75, 3.05) is 0 Å². The number of aryl methyl sites for hydroxylation is 2. The minimum Gasteiger partial charge on any atom is -0.423 e. The van der Waals surface area contributed by atoms with E-state index in [0.29, 0.717) is 5.56 Å². The van der Waals surface area contributed by atoms with Crippen LogP contribution in [0.4, 0.5) is 4.39 Å². The molecule has 0 spiro atoms. The third kappa shape index (κ3) is 4.96. The lowest BCUT2D eigenvalue weighted by Gasteiger charge is -2.35. The standard InChI is InChI=1S/C20H24BFN2O4/c1-12-8-13(2)10-15(9-12)19(26)24(20(3,4)5)23-18(25)14-6-7-16(21(27)28)17(22)11-14/h6-11,27-28H,1-5H3,(H,23,25). The van der Waals surface area contributed by atoms with Gasteiger partial charge in [-0.1, -0.05) is 23.3 Å². The first-order valence-electron chi connectivity index (χ1n) is 8.79. The van der Waals surface area contributed by atoms with Gasteiger partial charge in [0.2, 0.25) is 0 Å². The molecule has 8 heteroatoms. The van der Waals surface area contributed by atoms with Gasteiger partial charge in [-0.2, -0.15) is 0 Å². The summed E-state index contributed by atoms with van der Waals surface area (Å²) in [4.78, 5) is 25.7. The third-order valence-electron chi connectivity index (χ3n) is 4.10. The van der Waals surface area contributed by atoms with Gasteiger partial charge in [0.05, 0.1) is 5.54 Å². The minimum atomic E-state index is -1.98. The van der Waals surface area contributed by atoms with Crippen molar-refractivity contribution in [1.29, 1.82) is 0 Å². The number of nitrogens with one attached hydrogen (secondary N) is 1. The number of hydrogen-bond donors (Lipinski definition) is 3. The van der Waals surface area contributed by atoms with E-state index >= 15 is 0 Å². The van der Waals surface area contributed by atoms with E-state index in [1.54, 1.807) is 32.9 Å². The maximum atomic E-state index is 14.0. The number of carbonyl (C=O) groups excluding carboxylic acids is 2. The molecule has 0 aliphatic rings. The van der Waals surface area contributed by atoms with Gasteiger partial charge in [0, 0.05) is 16.6 Å². The predicted molar refractivity (Wildman–Crippen MR) is 106 cm³/mol. The summed E-state index contributed by atoms with van der Waals surface area (Å²) in [6.07, 6.45) is 0. The lowest BCUT2D eigenvalue weighted by molar-refractivity contribution is 0.0358. The smallest absolute Gasteiger partial charge is 0.423 e. The van der Waals surface area contributed by atoms with Crippen LogP contribution in [0.15, 0.2) is 36.4 Å². The molecule has 2 rings (SSSR count). The van der Waals surface area contributed by atoms with Crippen LogP contribution in [-0.2, 0) is 0 Å². The third-order valence-corrected chi connectivity index (χ3v) is 4.10. The maximum Gasteiger partial charge on any atom is 0.491 e. The summed E-state index contributed by atoms with van der Waals surface area (Å²) in [7, 11) is -1.98. The molecule has 0 unspecified atom stereocenters. The molecule has 0 atom stereocenters. The highest BCUT2D eigenvalue weighted by Gasteiger charge is 2.30. The second-order valence-electron chi connectivity index (χ2n) is 7.74. The Balaban J connectivity index is 2.33. The summed E-state index contributed by atoms with van der Waals surface area (Å²) in [6, 6.07) is 8.68. The van der Waals surface area contributed by atoms with Crippen LogP contribution < -0.4 is 10.9 Å². The Bertz CT molecular complexity index is 889. The van der Waals surface area contributed by atoms with Crippen molar-refractivity contribution in [3.8, 4) is 0 Å². The number of amides is 2. The van der Waals surface area contributed by atoms with Gasteiger partial charge in [-0.15, -0.1) is 0 Å². The summed E-state index contributed by atoms with van der Waals surface area (Å²) in [5, 5.41) is 19.4. The van der Waals surface area contributed by atoms with E-state index in [4.69, 9.17) is 10.0 Å². The van der Waals surface area contributed by atoms with Gasteiger partial charge < -0.3 is 10.0 Å². The highest BCUT2D eigenvalue weighted by Crippen LogP contribution is 2.18. The first-order valence-corrected chi connectivity index (χ1v) is 8.79. The van der Waals surface area contributed by atoms with Crippen molar-refractivity contribution < 1.29 is 24.0 Å². The summed E-state index contributed by atoms with van der Waals surface area (Å²) in [6.45, 7) is 9.05. The highest BCUT2D eigenvalue weighted by molar-refractivity contribution is 6.58. The minimum absolute atomic E-state index is 0.0515. The topological polar surface area (TPSA) is 89.9 Å². The van der Waals surface area contributed by atoms with Gasteiger partial charge in [-0.3, -0.25) is 15.0 Å². The van der Waals surface area contributed by atoms with Crippen molar-refractivity contribution in [3.63, 3.8) is 0 Å². The van der Waals surface area contributed by atoms with Crippen molar-refractivity contribution in [2.45, 2.75) is 40.2 Å². The van der Waals surface area contributed by atoms with Crippen LogP contribution in [-0.4, -0.2) is 39.5 Å². The number of hydrogen-bond acceptors (Lipinski definition) is 4. The molecular formula is C20H24BFN2O4. The number of rotatable bonds is 3. The average Bonchev–Trinajstić information content (AvgIpc) is 2.56. The summed E-state index contributed by atoms with van der Waals surface area (Å²) < 4.78 is 14.0. The second kappa shape index (κ2) is 8.12. The molecule has 2 aromatic rings. The molecule has 0 bridgehead atoms. The number of carbonyl (C=O) groups is 2. The molecule has 3 N–H and O–H groups in total. The van der Waals surface area contributed by atoms with Gasteiger partial charge >= 0.3 is 7.12 Å². The number of halogens is 1. The zero-order chi connectivity index (χ0) is 21.2. The molecule has 148 valence electrons. The van der Waals surface area contributed by atoms with E-state index in [0.717, 1.165) is 23.3 Å². The zero-order valence-electron chi connectivity index (χ0n) is 16.6. The molecule has 28 heavy (non-hydrogen) atoms. The van der Waals surface area contributed by atoms with E-state index < -0.39 is 30.3 Å². The molecule has 0 heterocycles. The SMILES string of the molecule is Cc1cc(C)cc(C(=O)N(NC(=O)c2ccc(B(O)O)c(F)c2)C(C)(C)C)c1. The normalized spacial score (nSPS) is 11.1. The maximum absolute atomic E-state index is 14.0. The lowest BCUT2D eigenvalue weighted by atomic mass is 9.79. The zero-order valence-corrected chi connectivity index (χ0v) is 16.6. The Kier molecular flexibility index (Phi) is 6.26. The number of nitrogens with zero attached hydrogens (tertiary/aromatic N) is 1. The molecule has 0 fully saturated rings. The molecule has 0 saturated heterocycles. The average molecular weight is 386 g/mol. The van der Waals surface area contributed by atoms with Gasteiger partial charge in [-0.05, 0) is 58.9 Å². The Morgan fingerprint density at radius 2 is 1.57 bits per heavy atom. The fourth-order valence-electron chi connectivity index (χ4n) is 2.79. The van der Waals surface area contributed by atoms with Crippen LogP contribution in [0.3, 0.4) is 0 Å². The van der Waals surface area contributed by atoms with Crippen LogP contribution in [0.5, 0.6) is 0 Å². The Morgan fingerprint density at radius 1 is 1.00 bits per heavy atom. The largest absolute Gasteiger partial charge is 0.491 e. The molecule has 0 aromatic heterocycles. The van der Waals surface area contributed by atoms with E-state index in [2.05, 4.69) is 5.43 Å². The summed E-state index contributed by atoms with van der Waals surface area (Å²) in [5.74, 6) is -2.01. The van der Waals surface area contributed by atoms with E-state index in [1.165, 1.54) is 11.1 Å².